The molecule has 0 radical (unpaired) electrons. The van der Waals surface area contributed by atoms with Gasteiger partial charge in [0.05, 0.1) is 33.1 Å². The van der Waals surface area contributed by atoms with Gasteiger partial charge in [0.25, 0.3) is 0 Å². The van der Waals surface area contributed by atoms with Gasteiger partial charge in [-0.2, -0.15) is 4.31 Å². The number of carbonyl (C=O) groups is 2. The van der Waals surface area contributed by atoms with Crippen LogP contribution in [0.15, 0.2) is 43.0 Å². The van der Waals surface area contributed by atoms with E-state index in [-0.39, 0.29) is 41.9 Å². The van der Waals surface area contributed by atoms with E-state index in [1.54, 1.807) is 30.5 Å². The van der Waals surface area contributed by atoms with Crippen molar-refractivity contribution in [3.05, 3.63) is 58.3 Å². The first-order valence-corrected chi connectivity index (χ1v) is 16.5. The summed E-state index contributed by atoms with van der Waals surface area (Å²) < 4.78 is 39.7. The van der Waals surface area contributed by atoms with Gasteiger partial charge in [-0.3, -0.25) is 9.59 Å². The van der Waals surface area contributed by atoms with Crippen molar-refractivity contribution >= 4 is 33.1 Å². The number of carbonyl (C=O) groups excluding carboxylic acids is 2. The van der Waals surface area contributed by atoms with Gasteiger partial charge in [-0.15, -0.1) is 17.9 Å². The zero-order valence-corrected chi connectivity index (χ0v) is 26.4. The van der Waals surface area contributed by atoms with E-state index in [0.717, 1.165) is 21.7 Å². The lowest BCUT2D eigenvalue weighted by Gasteiger charge is -2.37. The van der Waals surface area contributed by atoms with Gasteiger partial charge >= 0.3 is 0 Å². The summed E-state index contributed by atoms with van der Waals surface area (Å²) in [5.41, 5.74) is -0.320. The number of hydrogen-bond donors (Lipinski definition) is 0. The van der Waals surface area contributed by atoms with Crippen LogP contribution in [0.3, 0.4) is 0 Å². The number of thiophene rings is 1. The van der Waals surface area contributed by atoms with Crippen LogP contribution in [0, 0.1) is 23.7 Å². The van der Waals surface area contributed by atoms with Gasteiger partial charge in [-0.05, 0) is 67.3 Å². The lowest BCUT2D eigenvalue weighted by atomic mass is 9.70. The van der Waals surface area contributed by atoms with Crippen molar-refractivity contribution in [1.29, 1.82) is 0 Å². The molecule has 2 bridgehead atoms. The van der Waals surface area contributed by atoms with Crippen LogP contribution in [0.5, 0.6) is 11.5 Å². The molecular formula is C31H42N2O6S2. The first-order chi connectivity index (χ1) is 19.4. The number of ketones is 1. The minimum atomic E-state index is -3.93. The summed E-state index contributed by atoms with van der Waals surface area (Å²) in [6.45, 7) is 10.3. The van der Waals surface area contributed by atoms with Gasteiger partial charge in [0.2, 0.25) is 15.9 Å². The molecule has 2 aliphatic carbocycles. The highest BCUT2D eigenvalue weighted by Gasteiger charge is 2.65. The van der Waals surface area contributed by atoms with E-state index in [1.807, 2.05) is 51.1 Å². The largest absolute Gasteiger partial charge is 0.493 e. The molecule has 1 aromatic heterocycles. The second-order valence-electron chi connectivity index (χ2n) is 11.8. The zero-order valence-electron chi connectivity index (χ0n) is 24.8. The quantitative estimate of drug-likeness (QED) is 0.287. The van der Waals surface area contributed by atoms with E-state index < -0.39 is 15.4 Å². The van der Waals surface area contributed by atoms with Crippen LogP contribution >= 0.6 is 11.3 Å². The molecule has 1 amide bonds. The Hall–Kier alpha value is -2.69. The smallest absolute Gasteiger partial charge is 0.238 e. The number of hydrogen-bond acceptors (Lipinski definition) is 7. The molecule has 8 nitrogen and oxygen atoms in total. The second kappa shape index (κ2) is 12.3. The molecule has 1 aromatic carbocycles. The molecule has 2 aliphatic rings. The van der Waals surface area contributed by atoms with E-state index in [0.29, 0.717) is 43.9 Å². The SMILES string of the molecule is C=CCN(CC(=O)N(CCc1ccc(OC)c(OC)c1)Cc1ccc(C)s1)S(=O)(=O)CC12CCC(CC1=O)C2(C)C. The number of amides is 1. The molecular weight excluding hydrogens is 560 g/mol. The van der Waals surface area contributed by atoms with Gasteiger partial charge in [-0.25, -0.2) is 8.42 Å². The Balaban J connectivity index is 1.54. The molecule has 2 saturated carbocycles. The molecule has 2 unspecified atom stereocenters. The summed E-state index contributed by atoms with van der Waals surface area (Å²) in [5.74, 6) is 0.927. The number of aryl methyl sites for hydroxylation is 1. The van der Waals surface area contributed by atoms with Crippen molar-refractivity contribution in [3.8, 4) is 11.5 Å². The molecule has 0 N–H and O–H groups in total. The average molecular weight is 603 g/mol. The molecule has 2 aromatic rings. The predicted molar refractivity (Wildman–Crippen MR) is 162 cm³/mol. The number of methoxy groups -OCH3 is 2. The third kappa shape index (κ3) is 6.24. The molecule has 10 heteroatoms. The third-order valence-corrected chi connectivity index (χ3v) is 12.1. The van der Waals surface area contributed by atoms with Gasteiger partial charge in [0, 0.05) is 34.7 Å². The van der Waals surface area contributed by atoms with Crippen LogP contribution in [0.4, 0.5) is 0 Å². The highest BCUT2D eigenvalue weighted by atomic mass is 32.2. The Bertz CT molecular complexity index is 1400. The Kier molecular flexibility index (Phi) is 9.35. The van der Waals surface area contributed by atoms with E-state index in [4.69, 9.17) is 9.47 Å². The molecule has 224 valence electrons. The maximum atomic E-state index is 13.9. The number of nitrogens with zero attached hydrogens (tertiary/aromatic N) is 2. The monoisotopic (exact) mass is 602 g/mol. The molecule has 1 heterocycles. The minimum absolute atomic E-state index is 0.00380. The van der Waals surface area contributed by atoms with Gasteiger partial charge in [0.15, 0.2) is 11.5 Å². The predicted octanol–water partition coefficient (Wildman–Crippen LogP) is 4.86. The van der Waals surface area contributed by atoms with Crippen molar-refractivity contribution in [2.24, 2.45) is 16.7 Å². The fraction of sp³-hybridized carbons (Fsp3) is 0.548. The van der Waals surface area contributed by atoms with Crippen molar-refractivity contribution in [1.82, 2.24) is 9.21 Å². The van der Waals surface area contributed by atoms with Crippen LogP contribution in [0.25, 0.3) is 0 Å². The van der Waals surface area contributed by atoms with Crippen molar-refractivity contribution in [2.45, 2.75) is 53.0 Å². The standard InChI is InChI=1S/C31H42N2O6S2/c1-7-15-33(41(36,37)21-31-14-12-24(18-28(31)34)30(31,3)4)20-29(35)32(19-25-10-8-22(2)40-25)16-13-23-9-11-26(38-5)27(17-23)39-6/h7-11,17,24H,1,12-16,18-21H2,2-6H3. The number of benzene rings is 1. The zero-order chi connectivity index (χ0) is 30.0. The first-order valence-electron chi connectivity index (χ1n) is 14.0. The normalized spacial score (nSPS) is 21.3. The number of sulfonamides is 1. The third-order valence-electron chi connectivity index (χ3n) is 9.22. The summed E-state index contributed by atoms with van der Waals surface area (Å²) in [6, 6.07) is 9.67. The van der Waals surface area contributed by atoms with Crippen LogP contribution in [0.1, 0.15) is 48.4 Å². The number of Topliss-reactive ketones (excluding diaryl/α,β-unsaturated/α-hetero) is 1. The van der Waals surface area contributed by atoms with Gasteiger partial charge in [0.1, 0.15) is 5.78 Å². The minimum Gasteiger partial charge on any atom is -0.493 e. The number of fused-ring (bicyclic) bond motifs is 2. The highest BCUT2D eigenvalue weighted by molar-refractivity contribution is 7.89. The van der Waals surface area contributed by atoms with Gasteiger partial charge < -0.3 is 14.4 Å². The summed E-state index contributed by atoms with van der Waals surface area (Å²) in [5, 5.41) is 0. The summed E-state index contributed by atoms with van der Waals surface area (Å²) in [7, 11) is -0.769. The molecule has 41 heavy (non-hydrogen) atoms. The van der Waals surface area contributed by atoms with E-state index >= 15 is 0 Å². The summed E-state index contributed by atoms with van der Waals surface area (Å²) >= 11 is 1.61. The van der Waals surface area contributed by atoms with E-state index in [1.165, 1.54) is 10.4 Å². The maximum absolute atomic E-state index is 13.9. The Morgan fingerprint density at radius 2 is 1.90 bits per heavy atom. The summed E-state index contributed by atoms with van der Waals surface area (Å²) in [4.78, 5) is 30.7. The number of ether oxygens (including phenoxy) is 2. The Labute approximate surface area is 248 Å². The van der Waals surface area contributed by atoms with Crippen LogP contribution in [-0.4, -0.2) is 68.9 Å². The molecule has 2 atom stereocenters. The molecule has 0 spiro atoms. The second-order valence-corrected chi connectivity index (χ2v) is 15.1. The lowest BCUT2D eigenvalue weighted by Crippen LogP contribution is -2.49. The fourth-order valence-corrected chi connectivity index (χ4v) is 9.56. The van der Waals surface area contributed by atoms with Gasteiger partial charge in [-0.1, -0.05) is 26.0 Å². The maximum Gasteiger partial charge on any atom is 0.238 e. The van der Waals surface area contributed by atoms with Crippen LogP contribution in [0.2, 0.25) is 0 Å². The average Bonchev–Trinajstić information content (AvgIpc) is 3.50. The lowest BCUT2D eigenvalue weighted by molar-refractivity contribution is -0.131. The molecule has 2 fully saturated rings. The number of rotatable bonds is 14. The highest BCUT2D eigenvalue weighted by Crippen LogP contribution is 2.64. The Morgan fingerprint density at radius 1 is 1.17 bits per heavy atom. The molecule has 4 rings (SSSR count). The van der Waals surface area contributed by atoms with E-state index in [2.05, 4.69) is 6.58 Å². The first kappa shape index (κ1) is 31.3. The van der Waals surface area contributed by atoms with Crippen molar-refractivity contribution in [3.63, 3.8) is 0 Å². The van der Waals surface area contributed by atoms with Crippen molar-refractivity contribution < 1.29 is 27.5 Å². The van der Waals surface area contributed by atoms with E-state index in [9.17, 15) is 18.0 Å². The van der Waals surface area contributed by atoms with Crippen LogP contribution in [-0.2, 0) is 32.6 Å². The Morgan fingerprint density at radius 3 is 2.46 bits per heavy atom. The molecule has 0 aliphatic heterocycles. The van der Waals surface area contributed by atoms with Crippen LogP contribution < -0.4 is 9.47 Å². The topological polar surface area (TPSA) is 93.2 Å². The van der Waals surface area contributed by atoms with Crippen molar-refractivity contribution in [2.75, 3.05) is 39.6 Å². The summed E-state index contributed by atoms with van der Waals surface area (Å²) in [6.07, 6.45) is 3.93. The molecule has 0 saturated heterocycles. The fourth-order valence-electron chi connectivity index (χ4n) is 6.53.